The first-order chi connectivity index (χ1) is 10.6. The van der Waals surface area contributed by atoms with Crippen LogP contribution in [0.25, 0.3) is 10.7 Å². The maximum atomic E-state index is 6.21. The van der Waals surface area contributed by atoms with Crippen molar-refractivity contribution in [1.29, 1.82) is 0 Å². The van der Waals surface area contributed by atoms with Gasteiger partial charge in [-0.25, -0.2) is 0 Å². The van der Waals surface area contributed by atoms with Crippen LogP contribution in [-0.4, -0.2) is 22.1 Å². The van der Waals surface area contributed by atoms with Crippen molar-refractivity contribution in [3.05, 3.63) is 58.3 Å². The molecule has 0 spiro atoms. The minimum Gasteiger partial charge on any atom is -0.337 e. The lowest BCUT2D eigenvalue weighted by Crippen LogP contribution is -2.22. The van der Waals surface area contributed by atoms with Crippen LogP contribution in [0, 0.1) is 0 Å². The molecule has 0 aliphatic heterocycles. The van der Waals surface area contributed by atoms with Gasteiger partial charge < -0.3 is 4.52 Å². The first-order valence-corrected chi connectivity index (χ1v) is 8.22. The fourth-order valence-corrected chi connectivity index (χ4v) is 2.98. The van der Waals surface area contributed by atoms with Gasteiger partial charge in [0.05, 0.1) is 10.9 Å². The summed E-state index contributed by atoms with van der Waals surface area (Å²) in [5.41, 5.74) is 1.08. The number of rotatable bonds is 5. The maximum absolute atomic E-state index is 6.21. The average Bonchev–Trinajstić information content (AvgIpc) is 3.19. The third-order valence-corrected chi connectivity index (χ3v) is 4.81. The minimum atomic E-state index is 0.0116. The molecule has 0 aliphatic carbocycles. The molecule has 0 amide bonds. The highest BCUT2D eigenvalue weighted by molar-refractivity contribution is 7.13. The highest BCUT2D eigenvalue weighted by Gasteiger charge is 2.20. The Balaban J connectivity index is 1.73. The van der Waals surface area contributed by atoms with Crippen molar-refractivity contribution in [2.75, 3.05) is 7.05 Å². The normalized spacial score (nSPS) is 12.7. The van der Waals surface area contributed by atoms with Gasteiger partial charge in [-0.2, -0.15) is 4.98 Å². The molecule has 1 aromatic carbocycles. The summed E-state index contributed by atoms with van der Waals surface area (Å²) in [7, 11) is 2.02. The molecule has 2 heterocycles. The Bertz CT molecular complexity index is 741. The number of halogens is 1. The second kappa shape index (κ2) is 6.60. The van der Waals surface area contributed by atoms with Crippen molar-refractivity contribution in [2.24, 2.45) is 0 Å². The summed E-state index contributed by atoms with van der Waals surface area (Å²) < 4.78 is 5.41. The molecule has 1 atom stereocenters. The van der Waals surface area contributed by atoms with E-state index < -0.39 is 0 Å². The number of aromatic nitrogens is 2. The lowest BCUT2D eigenvalue weighted by Gasteiger charge is -2.22. The van der Waals surface area contributed by atoms with E-state index in [-0.39, 0.29) is 6.04 Å². The summed E-state index contributed by atoms with van der Waals surface area (Å²) in [6, 6.07) is 11.8. The van der Waals surface area contributed by atoms with E-state index in [0.29, 0.717) is 11.7 Å². The number of hydrogen-bond acceptors (Lipinski definition) is 5. The second-order valence-electron chi connectivity index (χ2n) is 5.12. The zero-order valence-corrected chi connectivity index (χ0v) is 13.9. The Morgan fingerprint density at radius 3 is 2.82 bits per heavy atom. The third-order valence-electron chi connectivity index (χ3n) is 3.58. The van der Waals surface area contributed by atoms with Crippen molar-refractivity contribution in [3.8, 4) is 10.7 Å². The molecule has 22 heavy (non-hydrogen) atoms. The molecule has 3 aromatic rings. The van der Waals surface area contributed by atoms with E-state index in [0.717, 1.165) is 22.0 Å². The van der Waals surface area contributed by atoms with Crippen LogP contribution in [0.4, 0.5) is 0 Å². The number of nitrogens with zero attached hydrogens (tertiary/aromatic N) is 3. The van der Waals surface area contributed by atoms with Gasteiger partial charge in [-0.1, -0.05) is 41.0 Å². The molecule has 4 nitrogen and oxygen atoms in total. The van der Waals surface area contributed by atoms with Gasteiger partial charge in [-0.3, -0.25) is 4.90 Å². The van der Waals surface area contributed by atoms with E-state index in [9.17, 15) is 0 Å². The predicted octanol–water partition coefficient (Wildman–Crippen LogP) is 4.64. The highest BCUT2D eigenvalue weighted by atomic mass is 35.5. The molecule has 2 aromatic heterocycles. The third kappa shape index (κ3) is 3.21. The standard InChI is InChI=1S/C16H16ClN3OS/c1-11(20(2)10-12-6-3-4-7-13(12)17)16-18-15(19-21-16)14-8-5-9-22-14/h3-9,11H,10H2,1-2H3. The molecule has 6 heteroatoms. The quantitative estimate of drug-likeness (QED) is 0.682. The van der Waals surface area contributed by atoms with Gasteiger partial charge in [0, 0.05) is 11.6 Å². The van der Waals surface area contributed by atoms with Crippen LogP contribution < -0.4 is 0 Å². The zero-order valence-electron chi connectivity index (χ0n) is 12.4. The topological polar surface area (TPSA) is 42.2 Å². The zero-order chi connectivity index (χ0) is 15.5. The van der Waals surface area contributed by atoms with Crippen molar-refractivity contribution >= 4 is 22.9 Å². The lowest BCUT2D eigenvalue weighted by molar-refractivity contribution is 0.203. The first kappa shape index (κ1) is 15.2. The van der Waals surface area contributed by atoms with Crippen LogP contribution in [0.5, 0.6) is 0 Å². The molecular weight excluding hydrogens is 318 g/mol. The van der Waals surface area contributed by atoms with Gasteiger partial charge in [-0.05, 0) is 37.0 Å². The van der Waals surface area contributed by atoms with Gasteiger partial charge in [0.1, 0.15) is 0 Å². The molecule has 0 aliphatic rings. The van der Waals surface area contributed by atoms with Crippen molar-refractivity contribution in [1.82, 2.24) is 15.0 Å². The van der Waals surface area contributed by atoms with Crippen LogP contribution in [0.3, 0.4) is 0 Å². The number of hydrogen-bond donors (Lipinski definition) is 0. The van der Waals surface area contributed by atoms with Gasteiger partial charge >= 0.3 is 0 Å². The van der Waals surface area contributed by atoms with Crippen LogP contribution in [0.1, 0.15) is 24.4 Å². The lowest BCUT2D eigenvalue weighted by atomic mass is 10.2. The smallest absolute Gasteiger partial charge is 0.244 e. The molecule has 0 saturated heterocycles. The SMILES string of the molecule is CC(c1nc(-c2cccs2)no1)N(C)Cc1ccccc1Cl. The van der Waals surface area contributed by atoms with E-state index in [1.807, 2.05) is 55.7 Å². The van der Waals surface area contributed by atoms with Crippen molar-refractivity contribution in [3.63, 3.8) is 0 Å². The van der Waals surface area contributed by atoms with Crippen LogP contribution in [-0.2, 0) is 6.54 Å². The Kier molecular flexibility index (Phi) is 4.57. The first-order valence-electron chi connectivity index (χ1n) is 6.96. The Labute approximate surface area is 138 Å². The average molecular weight is 334 g/mol. The molecule has 0 N–H and O–H groups in total. The molecule has 0 radical (unpaired) electrons. The Morgan fingerprint density at radius 2 is 2.09 bits per heavy atom. The summed E-state index contributed by atoms with van der Waals surface area (Å²) in [4.78, 5) is 7.64. The van der Waals surface area contributed by atoms with Crippen molar-refractivity contribution < 1.29 is 4.52 Å². The highest BCUT2D eigenvalue weighted by Crippen LogP contribution is 2.26. The summed E-state index contributed by atoms with van der Waals surface area (Å²) >= 11 is 7.81. The minimum absolute atomic E-state index is 0.0116. The van der Waals surface area contributed by atoms with Gasteiger partial charge in [0.15, 0.2) is 0 Å². The molecule has 0 bridgehead atoms. The summed E-state index contributed by atoms with van der Waals surface area (Å²) in [5, 5.41) is 6.83. The van der Waals surface area contributed by atoms with Crippen molar-refractivity contribution in [2.45, 2.75) is 19.5 Å². The summed E-state index contributed by atoms with van der Waals surface area (Å²) in [6.07, 6.45) is 0. The van der Waals surface area contributed by atoms with E-state index in [1.54, 1.807) is 11.3 Å². The fourth-order valence-electron chi connectivity index (χ4n) is 2.13. The molecule has 0 fully saturated rings. The van der Waals surface area contributed by atoms with Crippen LogP contribution in [0.15, 0.2) is 46.3 Å². The molecular formula is C16H16ClN3OS. The second-order valence-corrected chi connectivity index (χ2v) is 6.47. The largest absolute Gasteiger partial charge is 0.337 e. The fraction of sp³-hybridized carbons (Fsp3) is 0.250. The Morgan fingerprint density at radius 1 is 1.27 bits per heavy atom. The van der Waals surface area contributed by atoms with Gasteiger partial charge in [0.2, 0.25) is 11.7 Å². The summed E-state index contributed by atoms with van der Waals surface area (Å²) in [6.45, 7) is 2.76. The Hall–Kier alpha value is -1.69. The van der Waals surface area contributed by atoms with E-state index in [1.165, 1.54) is 0 Å². The van der Waals surface area contributed by atoms with E-state index in [4.69, 9.17) is 16.1 Å². The van der Waals surface area contributed by atoms with Crippen LogP contribution in [0.2, 0.25) is 5.02 Å². The molecule has 3 rings (SSSR count). The summed E-state index contributed by atoms with van der Waals surface area (Å²) in [5.74, 6) is 1.25. The molecule has 114 valence electrons. The number of thiophene rings is 1. The molecule has 1 unspecified atom stereocenters. The van der Waals surface area contributed by atoms with Gasteiger partial charge in [0.25, 0.3) is 0 Å². The molecule has 0 saturated carbocycles. The monoisotopic (exact) mass is 333 g/mol. The van der Waals surface area contributed by atoms with E-state index in [2.05, 4.69) is 15.0 Å². The predicted molar refractivity (Wildman–Crippen MR) is 88.9 cm³/mol. The van der Waals surface area contributed by atoms with Crippen LogP contribution >= 0.6 is 22.9 Å². The number of benzene rings is 1. The van der Waals surface area contributed by atoms with E-state index >= 15 is 0 Å². The maximum Gasteiger partial charge on any atom is 0.244 e. The van der Waals surface area contributed by atoms with Gasteiger partial charge in [-0.15, -0.1) is 11.3 Å².